The fourth-order valence-corrected chi connectivity index (χ4v) is 2.28. The molecule has 0 unspecified atom stereocenters. The largest absolute Gasteiger partial charge is 0.298 e. The first kappa shape index (κ1) is 13.6. The van der Waals surface area contributed by atoms with Gasteiger partial charge in [-0.2, -0.15) is 0 Å². The average molecular weight is 282 g/mol. The number of halogens is 2. The second kappa shape index (κ2) is 5.44. The van der Waals surface area contributed by atoms with Crippen molar-refractivity contribution in [2.75, 3.05) is 5.32 Å². The molecule has 0 aliphatic carbocycles. The zero-order valence-corrected chi connectivity index (χ0v) is 11.2. The summed E-state index contributed by atoms with van der Waals surface area (Å²) in [5.41, 5.74) is 0.936. The minimum absolute atomic E-state index is 0.0557. The van der Waals surface area contributed by atoms with Gasteiger partial charge < -0.3 is 0 Å². The van der Waals surface area contributed by atoms with Crippen molar-refractivity contribution < 1.29 is 13.6 Å². The van der Waals surface area contributed by atoms with Gasteiger partial charge in [-0.1, -0.05) is 13.8 Å². The number of nitrogens with one attached hydrogen (secondary N) is 1. The molecule has 0 bridgehead atoms. The Morgan fingerprint density at radius 2 is 2.05 bits per heavy atom. The molecule has 0 aliphatic heterocycles. The summed E-state index contributed by atoms with van der Waals surface area (Å²) < 4.78 is 25.8. The van der Waals surface area contributed by atoms with E-state index in [1.807, 2.05) is 19.2 Å². The van der Waals surface area contributed by atoms with Gasteiger partial charge in [0.05, 0.1) is 5.69 Å². The van der Waals surface area contributed by atoms with Gasteiger partial charge in [0.25, 0.3) is 5.91 Å². The van der Waals surface area contributed by atoms with Crippen LogP contribution in [-0.2, 0) is 0 Å². The highest BCUT2D eigenvalue weighted by molar-refractivity contribution is 7.14. The molecule has 0 radical (unpaired) electrons. The Bertz CT molecular complexity index is 610. The van der Waals surface area contributed by atoms with Crippen molar-refractivity contribution in [1.29, 1.82) is 0 Å². The van der Waals surface area contributed by atoms with Gasteiger partial charge in [0, 0.05) is 10.9 Å². The van der Waals surface area contributed by atoms with Crippen LogP contribution in [0.2, 0.25) is 0 Å². The van der Waals surface area contributed by atoms with E-state index in [1.165, 1.54) is 17.4 Å². The van der Waals surface area contributed by atoms with E-state index in [2.05, 4.69) is 10.3 Å². The predicted octanol–water partition coefficient (Wildman–Crippen LogP) is 3.80. The summed E-state index contributed by atoms with van der Waals surface area (Å²) in [6.07, 6.45) is 0. The Balaban J connectivity index is 2.13. The number of nitrogens with zero attached hydrogens (tertiary/aromatic N) is 1. The second-order valence-electron chi connectivity index (χ2n) is 4.32. The van der Waals surface area contributed by atoms with Crippen LogP contribution in [0.25, 0.3) is 0 Å². The van der Waals surface area contributed by atoms with Gasteiger partial charge in [0.15, 0.2) is 16.8 Å². The predicted molar refractivity (Wildman–Crippen MR) is 70.5 cm³/mol. The van der Waals surface area contributed by atoms with Crippen LogP contribution in [-0.4, -0.2) is 10.9 Å². The highest BCUT2D eigenvalue weighted by Crippen LogP contribution is 2.22. The quantitative estimate of drug-likeness (QED) is 0.930. The van der Waals surface area contributed by atoms with Gasteiger partial charge in [-0.15, -0.1) is 11.3 Å². The number of thiazole rings is 1. The number of aromatic nitrogens is 1. The molecule has 1 aromatic carbocycles. The second-order valence-corrected chi connectivity index (χ2v) is 5.17. The van der Waals surface area contributed by atoms with Crippen LogP contribution in [0.3, 0.4) is 0 Å². The van der Waals surface area contributed by atoms with Crippen molar-refractivity contribution in [2.24, 2.45) is 0 Å². The summed E-state index contributed by atoms with van der Waals surface area (Å²) in [5.74, 6) is -2.27. The van der Waals surface area contributed by atoms with E-state index in [-0.39, 0.29) is 11.5 Å². The summed E-state index contributed by atoms with van der Waals surface area (Å²) in [6, 6.07) is 3.01. The first-order valence-electron chi connectivity index (χ1n) is 5.69. The number of rotatable bonds is 3. The van der Waals surface area contributed by atoms with Crippen molar-refractivity contribution in [3.8, 4) is 0 Å². The first-order valence-corrected chi connectivity index (χ1v) is 6.57. The lowest BCUT2D eigenvalue weighted by Gasteiger charge is -2.02. The Kier molecular flexibility index (Phi) is 3.90. The van der Waals surface area contributed by atoms with Crippen molar-refractivity contribution in [1.82, 2.24) is 4.98 Å². The van der Waals surface area contributed by atoms with Crippen LogP contribution >= 0.6 is 11.3 Å². The molecule has 1 amide bonds. The van der Waals surface area contributed by atoms with E-state index in [0.717, 1.165) is 17.8 Å². The summed E-state index contributed by atoms with van der Waals surface area (Å²) in [4.78, 5) is 16.1. The molecular weight excluding hydrogens is 270 g/mol. The molecule has 19 heavy (non-hydrogen) atoms. The molecule has 3 nitrogen and oxygen atoms in total. The molecule has 0 saturated heterocycles. The van der Waals surface area contributed by atoms with Crippen molar-refractivity contribution in [3.05, 3.63) is 46.5 Å². The topological polar surface area (TPSA) is 42.0 Å². The number of hydrogen-bond donors (Lipinski definition) is 1. The number of anilines is 1. The van der Waals surface area contributed by atoms with Crippen LogP contribution in [0.1, 0.15) is 35.8 Å². The standard InChI is InChI=1S/C13H12F2N2OS/c1-7(2)11-6-19-13(16-11)17-12(18)8-3-4-9(14)10(15)5-8/h3-7H,1-2H3,(H,16,17,18). The molecule has 1 heterocycles. The molecule has 0 spiro atoms. The van der Waals surface area contributed by atoms with E-state index < -0.39 is 17.5 Å². The Hall–Kier alpha value is -1.82. The van der Waals surface area contributed by atoms with Gasteiger partial charge >= 0.3 is 0 Å². The average Bonchev–Trinajstić information content (AvgIpc) is 2.81. The Morgan fingerprint density at radius 1 is 1.32 bits per heavy atom. The molecule has 100 valence electrons. The lowest BCUT2D eigenvalue weighted by Crippen LogP contribution is -2.12. The smallest absolute Gasteiger partial charge is 0.257 e. The first-order chi connectivity index (χ1) is 8.97. The van der Waals surface area contributed by atoms with Gasteiger partial charge in [0.2, 0.25) is 0 Å². The molecule has 0 fully saturated rings. The van der Waals surface area contributed by atoms with Crippen LogP contribution in [0.5, 0.6) is 0 Å². The van der Waals surface area contributed by atoms with Gasteiger partial charge in [0.1, 0.15) is 0 Å². The monoisotopic (exact) mass is 282 g/mol. The molecule has 0 saturated carbocycles. The van der Waals surface area contributed by atoms with Crippen LogP contribution in [0.15, 0.2) is 23.6 Å². The molecule has 2 aromatic rings. The van der Waals surface area contributed by atoms with Crippen molar-refractivity contribution in [2.45, 2.75) is 19.8 Å². The lowest BCUT2D eigenvalue weighted by molar-refractivity contribution is 0.102. The van der Waals surface area contributed by atoms with Gasteiger partial charge in [-0.05, 0) is 24.1 Å². The Morgan fingerprint density at radius 3 is 2.63 bits per heavy atom. The third kappa shape index (κ3) is 3.14. The van der Waals surface area contributed by atoms with Crippen LogP contribution in [0, 0.1) is 11.6 Å². The van der Waals surface area contributed by atoms with Crippen LogP contribution in [0.4, 0.5) is 13.9 Å². The lowest BCUT2D eigenvalue weighted by atomic mass is 10.2. The molecular formula is C13H12F2N2OS. The minimum atomic E-state index is -1.05. The number of amides is 1. The fourth-order valence-electron chi connectivity index (χ4n) is 1.42. The Labute approximate surface area is 113 Å². The molecule has 0 atom stereocenters. The number of carbonyl (C=O) groups excluding carboxylic acids is 1. The number of hydrogen-bond acceptors (Lipinski definition) is 3. The third-order valence-corrected chi connectivity index (χ3v) is 3.29. The number of carbonyl (C=O) groups is 1. The molecule has 6 heteroatoms. The zero-order chi connectivity index (χ0) is 14.0. The van der Waals surface area contributed by atoms with E-state index >= 15 is 0 Å². The number of benzene rings is 1. The molecule has 1 N–H and O–H groups in total. The summed E-state index contributed by atoms with van der Waals surface area (Å²) >= 11 is 1.30. The van der Waals surface area contributed by atoms with Crippen molar-refractivity contribution in [3.63, 3.8) is 0 Å². The van der Waals surface area contributed by atoms with E-state index in [1.54, 1.807) is 0 Å². The summed E-state index contributed by atoms with van der Waals surface area (Å²) in [6.45, 7) is 3.99. The zero-order valence-electron chi connectivity index (χ0n) is 10.4. The van der Waals surface area contributed by atoms with Gasteiger partial charge in [-0.25, -0.2) is 13.8 Å². The SMILES string of the molecule is CC(C)c1csc(NC(=O)c2ccc(F)c(F)c2)n1. The van der Waals surface area contributed by atoms with Crippen LogP contribution < -0.4 is 5.32 Å². The molecule has 2 rings (SSSR count). The third-order valence-electron chi connectivity index (χ3n) is 2.52. The highest BCUT2D eigenvalue weighted by atomic mass is 32.1. The summed E-state index contributed by atoms with van der Waals surface area (Å²) in [5, 5.41) is 4.86. The minimum Gasteiger partial charge on any atom is -0.298 e. The van der Waals surface area contributed by atoms with E-state index in [0.29, 0.717) is 5.13 Å². The maximum atomic E-state index is 13.0. The maximum Gasteiger partial charge on any atom is 0.257 e. The molecule has 0 aliphatic rings. The van der Waals surface area contributed by atoms with E-state index in [4.69, 9.17) is 0 Å². The summed E-state index contributed by atoms with van der Waals surface area (Å²) in [7, 11) is 0. The highest BCUT2D eigenvalue weighted by Gasteiger charge is 2.12. The maximum absolute atomic E-state index is 13.0. The fraction of sp³-hybridized carbons (Fsp3) is 0.231. The van der Waals surface area contributed by atoms with Crippen molar-refractivity contribution >= 4 is 22.4 Å². The normalized spacial score (nSPS) is 10.8. The van der Waals surface area contributed by atoms with E-state index in [9.17, 15) is 13.6 Å². The van der Waals surface area contributed by atoms with Gasteiger partial charge in [-0.3, -0.25) is 10.1 Å². The molecule has 1 aromatic heterocycles.